The maximum Gasteiger partial charge on any atom is 0.255 e. The van der Waals surface area contributed by atoms with E-state index in [0.29, 0.717) is 23.1 Å². The molecule has 0 saturated carbocycles. The van der Waals surface area contributed by atoms with Crippen LogP contribution in [0, 0.1) is 12.7 Å². The van der Waals surface area contributed by atoms with Crippen molar-refractivity contribution in [3.8, 4) is 0 Å². The molecular weight excluding hydrogens is 393 g/mol. The lowest BCUT2D eigenvalue weighted by atomic mass is 10.2. The monoisotopic (exact) mass is 413 g/mol. The highest BCUT2D eigenvalue weighted by atomic mass is 19.1. The summed E-state index contributed by atoms with van der Waals surface area (Å²) in [5.74, 6) is -0.135. The standard InChI is InChI=1S/C24H20FN5O/c1-16-21(29-23(31)17-9-8-10-18(25)15-17)22(27-19-11-4-2-5-12-19)30-24(26-16)28-20-13-6-3-7-14-20/h2-15H,1H3,(H,29,31)(H2,26,27,28,30). The molecule has 1 amide bonds. The Morgan fingerprint density at radius 1 is 0.806 bits per heavy atom. The number of aromatic nitrogens is 2. The minimum absolute atomic E-state index is 0.205. The molecule has 4 aromatic rings. The van der Waals surface area contributed by atoms with Crippen molar-refractivity contribution >= 4 is 34.7 Å². The highest BCUT2D eigenvalue weighted by molar-refractivity contribution is 6.06. The van der Waals surface area contributed by atoms with E-state index >= 15 is 0 Å². The van der Waals surface area contributed by atoms with E-state index in [1.807, 2.05) is 60.7 Å². The topological polar surface area (TPSA) is 78.9 Å². The average molecular weight is 413 g/mol. The fraction of sp³-hybridized carbons (Fsp3) is 0.0417. The third-order valence-electron chi connectivity index (χ3n) is 4.48. The minimum atomic E-state index is -0.481. The van der Waals surface area contributed by atoms with Crippen LogP contribution in [0.1, 0.15) is 16.1 Å². The molecule has 0 saturated heterocycles. The molecule has 4 rings (SSSR count). The highest BCUT2D eigenvalue weighted by Gasteiger charge is 2.16. The summed E-state index contributed by atoms with van der Waals surface area (Å²) in [7, 11) is 0. The van der Waals surface area contributed by atoms with Crippen LogP contribution in [0.5, 0.6) is 0 Å². The molecule has 3 N–H and O–H groups in total. The van der Waals surface area contributed by atoms with E-state index in [2.05, 4.69) is 25.9 Å². The Balaban J connectivity index is 1.69. The number of benzene rings is 3. The van der Waals surface area contributed by atoms with Crippen molar-refractivity contribution in [2.45, 2.75) is 6.92 Å². The Morgan fingerprint density at radius 2 is 1.45 bits per heavy atom. The molecule has 0 atom stereocenters. The van der Waals surface area contributed by atoms with Crippen LogP contribution in [0.15, 0.2) is 84.9 Å². The summed E-state index contributed by atoms with van der Waals surface area (Å²) in [6.07, 6.45) is 0. The summed E-state index contributed by atoms with van der Waals surface area (Å²) in [4.78, 5) is 21.8. The Labute approximate surface area is 179 Å². The number of amides is 1. The molecule has 0 aliphatic heterocycles. The van der Waals surface area contributed by atoms with Crippen LogP contribution in [0.25, 0.3) is 0 Å². The van der Waals surface area contributed by atoms with E-state index < -0.39 is 11.7 Å². The minimum Gasteiger partial charge on any atom is -0.338 e. The van der Waals surface area contributed by atoms with Crippen LogP contribution in [0.4, 0.5) is 33.2 Å². The Kier molecular flexibility index (Phi) is 5.84. The van der Waals surface area contributed by atoms with Crippen molar-refractivity contribution in [3.63, 3.8) is 0 Å². The lowest BCUT2D eigenvalue weighted by Gasteiger charge is -2.16. The van der Waals surface area contributed by atoms with Crippen molar-refractivity contribution in [2.75, 3.05) is 16.0 Å². The average Bonchev–Trinajstić information content (AvgIpc) is 2.77. The van der Waals surface area contributed by atoms with Gasteiger partial charge in [-0.2, -0.15) is 4.98 Å². The second kappa shape index (κ2) is 9.04. The van der Waals surface area contributed by atoms with Gasteiger partial charge in [0.25, 0.3) is 5.91 Å². The summed E-state index contributed by atoms with van der Waals surface area (Å²) in [5.41, 5.74) is 2.81. The fourth-order valence-electron chi connectivity index (χ4n) is 2.99. The Morgan fingerprint density at radius 3 is 2.10 bits per heavy atom. The molecule has 1 heterocycles. The number of halogens is 1. The van der Waals surface area contributed by atoms with Crippen molar-refractivity contribution in [1.29, 1.82) is 0 Å². The lowest BCUT2D eigenvalue weighted by Crippen LogP contribution is -2.16. The van der Waals surface area contributed by atoms with Crippen molar-refractivity contribution in [3.05, 3.63) is 102 Å². The van der Waals surface area contributed by atoms with Gasteiger partial charge in [0.1, 0.15) is 11.5 Å². The predicted molar refractivity (Wildman–Crippen MR) is 121 cm³/mol. The molecule has 0 aliphatic rings. The van der Waals surface area contributed by atoms with E-state index in [0.717, 1.165) is 11.4 Å². The summed E-state index contributed by atoms with van der Waals surface area (Å²) >= 11 is 0. The summed E-state index contributed by atoms with van der Waals surface area (Å²) in [6, 6.07) is 24.5. The van der Waals surface area contributed by atoms with E-state index in [4.69, 9.17) is 0 Å². The molecule has 3 aromatic carbocycles. The van der Waals surface area contributed by atoms with E-state index in [1.54, 1.807) is 13.0 Å². The van der Waals surface area contributed by atoms with Crippen molar-refractivity contribution in [2.24, 2.45) is 0 Å². The number of aryl methyl sites for hydroxylation is 1. The van der Waals surface area contributed by atoms with Crippen LogP contribution in [-0.4, -0.2) is 15.9 Å². The summed E-state index contributed by atoms with van der Waals surface area (Å²) in [6.45, 7) is 1.77. The molecule has 31 heavy (non-hydrogen) atoms. The van der Waals surface area contributed by atoms with Crippen molar-refractivity contribution in [1.82, 2.24) is 9.97 Å². The zero-order chi connectivity index (χ0) is 21.6. The van der Waals surface area contributed by atoms with Crippen LogP contribution in [0.2, 0.25) is 0 Å². The second-order valence-electron chi connectivity index (χ2n) is 6.80. The summed E-state index contributed by atoms with van der Waals surface area (Å²) < 4.78 is 13.5. The Bertz CT molecular complexity index is 1200. The van der Waals surface area contributed by atoms with E-state index in [1.165, 1.54) is 18.2 Å². The first-order valence-electron chi connectivity index (χ1n) is 9.68. The molecule has 0 unspecified atom stereocenters. The molecule has 6 nitrogen and oxygen atoms in total. The van der Waals surface area contributed by atoms with Gasteiger partial charge in [-0.05, 0) is 49.4 Å². The number of carbonyl (C=O) groups excluding carboxylic acids is 1. The van der Waals surface area contributed by atoms with Crippen LogP contribution in [-0.2, 0) is 0 Å². The molecule has 0 radical (unpaired) electrons. The first kappa shape index (κ1) is 20.0. The number of para-hydroxylation sites is 2. The molecule has 0 aliphatic carbocycles. The fourth-order valence-corrected chi connectivity index (χ4v) is 2.99. The van der Waals surface area contributed by atoms with Gasteiger partial charge in [0.15, 0.2) is 5.82 Å². The maximum atomic E-state index is 13.5. The van der Waals surface area contributed by atoms with Gasteiger partial charge in [-0.25, -0.2) is 9.37 Å². The van der Waals surface area contributed by atoms with Gasteiger partial charge < -0.3 is 16.0 Å². The number of nitrogens with one attached hydrogen (secondary N) is 3. The van der Waals surface area contributed by atoms with Crippen LogP contribution >= 0.6 is 0 Å². The highest BCUT2D eigenvalue weighted by Crippen LogP contribution is 2.29. The maximum absolute atomic E-state index is 13.5. The van der Waals surface area contributed by atoms with Gasteiger partial charge in [-0.15, -0.1) is 0 Å². The zero-order valence-corrected chi connectivity index (χ0v) is 16.8. The number of hydrogen-bond acceptors (Lipinski definition) is 5. The first-order chi connectivity index (χ1) is 15.1. The van der Waals surface area contributed by atoms with Crippen LogP contribution in [0.3, 0.4) is 0 Å². The van der Waals surface area contributed by atoms with Crippen LogP contribution < -0.4 is 16.0 Å². The molecule has 0 bridgehead atoms. The Hall–Kier alpha value is -4.26. The van der Waals surface area contributed by atoms with Gasteiger partial charge in [-0.3, -0.25) is 4.79 Å². The van der Waals surface area contributed by atoms with Gasteiger partial charge >= 0.3 is 0 Å². The van der Waals surface area contributed by atoms with Gasteiger partial charge in [0.2, 0.25) is 5.95 Å². The lowest BCUT2D eigenvalue weighted by molar-refractivity contribution is 0.102. The summed E-state index contributed by atoms with van der Waals surface area (Å²) in [5, 5.41) is 9.21. The van der Waals surface area contributed by atoms with Gasteiger partial charge in [0.05, 0.1) is 5.69 Å². The molecular formula is C24H20FN5O. The quantitative estimate of drug-likeness (QED) is 0.380. The second-order valence-corrected chi connectivity index (χ2v) is 6.80. The first-order valence-corrected chi connectivity index (χ1v) is 9.68. The van der Waals surface area contributed by atoms with Crippen molar-refractivity contribution < 1.29 is 9.18 Å². The van der Waals surface area contributed by atoms with Gasteiger partial charge in [0, 0.05) is 16.9 Å². The number of rotatable bonds is 6. The van der Waals surface area contributed by atoms with E-state index in [-0.39, 0.29) is 5.56 Å². The third kappa shape index (κ3) is 5.02. The molecule has 7 heteroatoms. The normalized spacial score (nSPS) is 10.4. The number of nitrogens with zero attached hydrogens (tertiary/aromatic N) is 2. The number of hydrogen-bond donors (Lipinski definition) is 3. The smallest absolute Gasteiger partial charge is 0.255 e. The number of anilines is 5. The SMILES string of the molecule is Cc1nc(Nc2ccccc2)nc(Nc2ccccc2)c1NC(=O)c1cccc(F)c1. The van der Waals surface area contributed by atoms with Gasteiger partial charge in [-0.1, -0.05) is 42.5 Å². The largest absolute Gasteiger partial charge is 0.338 e. The zero-order valence-electron chi connectivity index (χ0n) is 16.8. The predicted octanol–water partition coefficient (Wildman–Crippen LogP) is 5.66. The van der Waals surface area contributed by atoms with E-state index in [9.17, 15) is 9.18 Å². The molecule has 0 spiro atoms. The molecule has 0 fully saturated rings. The third-order valence-corrected chi connectivity index (χ3v) is 4.48. The number of carbonyl (C=O) groups is 1. The molecule has 154 valence electrons. The molecule has 1 aromatic heterocycles.